The number of hydrogen-bond acceptors (Lipinski definition) is 3. The minimum Gasteiger partial charge on any atom is -0.338 e. The van der Waals surface area contributed by atoms with E-state index in [1.807, 2.05) is 0 Å². The number of amides is 1. The highest BCUT2D eigenvalue weighted by molar-refractivity contribution is 5.94. The molecule has 0 aliphatic carbocycles. The Balaban J connectivity index is 1.54. The SMILES string of the molecule is CC1CN(C)CCN1CC1CCN(C(=O)c2c(F)cccc2F)CC1. The monoisotopic (exact) mass is 351 g/mol. The predicted molar refractivity (Wildman–Crippen MR) is 93.5 cm³/mol. The number of piperidine rings is 1. The standard InChI is InChI=1S/C19H27F2N3O/c1-14-12-22(2)10-11-24(14)13-15-6-8-23(9-7-15)19(25)18-16(20)4-3-5-17(18)21/h3-5,14-15H,6-13H2,1-2H3. The van der Waals surface area contributed by atoms with Crippen LogP contribution >= 0.6 is 0 Å². The number of likely N-dealkylation sites (N-methyl/N-ethyl adjacent to an activating group) is 1. The van der Waals surface area contributed by atoms with Crippen molar-refractivity contribution in [3.8, 4) is 0 Å². The van der Waals surface area contributed by atoms with Crippen molar-refractivity contribution in [2.75, 3.05) is 46.3 Å². The molecule has 2 saturated heterocycles. The van der Waals surface area contributed by atoms with Crippen LogP contribution in [0.4, 0.5) is 8.78 Å². The first-order chi connectivity index (χ1) is 12.0. The molecule has 2 heterocycles. The van der Waals surface area contributed by atoms with Crippen molar-refractivity contribution in [3.05, 3.63) is 35.4 Å². The summed E-state index contributed by atoms with van der Waals surface area (Å²) in [4.78, 5) is 18.9. The van der Waals surface area contributed by atoms with Crippen LogP contribution in [-0.4, -0.2) is 73.0 Å². The molecule has 0 aromatic heterocycles. The van der Waals surface area contributed by atoms with Gasteiger partial charge in [0.1, 0.15) is 17.2 Å². The zero-order chi connectivity index (χ0) is 18.0. The quantitative estimate of drug-likeness (QED) is 0.837. The van der Waals surface area contributed by atoms with E-state index in [2.05, 4.69) is 23.8 Å². The summed E-state index contributed by atoms with van der Waals surface area (Å²) in [5, 5.41) is 0. The maximum absolute atomic E-state index is 13.8. The minimum atomic E-state index is -0.779. The van der Waals surface area contributed by atoms with E-state index in [-0.39, 0.29) is 0 Å². The Hall–Kier alpha value is -1.53. The Morgan fingerprint density at radius 1 is 1.12 bits per heavy atom. The maximum atomic E-state index is 13.8. The van der Waals surface area contributed by atoms with Gasteiger partial charge in [0.25, 0.3) is 5.91 Å². The average Bonchev–Trinajstić information content (AvgIpc) is 2.58. The normalized spacial score (nSPS) is 23.8. The van der Waals surface area contributed by atoms with Gasteiger partial charge in [-0.1, -0.05) is 6.07 Å². The number of halogens is 2. The molecule has 0 saturated carbocycles. The molecule has 2 aliphatic rings. The molecule has 6 heteroatoms. The lowest BCUT2D eigenvalue weighted by molar-refractivity contribution is 0.0550. The van der Waals surface area contributed by atoms with Gasteiger partial charge in [0, 0.05) is 45.3 Å². The highest BCUT2D eigenvalue weighted by atomic mass is 19.1. The zero-order valence-electron chi connectivity index (χ0n) is 15.0. The maximum Gasteiger partial charge on any atom is 0.259 e. The molecule has 4 nitrogen and oxygen atoms in total. The molecule has 1 amide bonds. The van der Waals surface area contributed by atoms with Crippen molar-refractivity contribution in [2.24, 2.45) is 5.92 Å². The molecular formula is C19H27F2N3O. The van der Waals surface area contributed by atoms with Crippen molar-refractivity contribution >= 4 is 5.91 Å². The van der Waals surface area contributed by atoms with Gasteiger partial charge in [-0.3, -0.25) is 9.69 Å². The van der Waals surface area contributed by atoms with Gasteiger partial charge in [0.15, 0.2) is 0 Å². The Bertz CT molecular complexity index is 596. The zero-order valence-corrected chi connectivity index (χ0v) is 15.0. The second kappa shape index (κ2) is 7.79. The van der Waals surface area contributed by atoms with Gasteiger partial charge >= 0.3 is 0 Å². The average molecular weight is 351 g/mol. The summed E-state index contributed by atoms with van der Waals surface area (Å²) in [6.07, 6.45) is 1.78. The second-order valence-electron chi connectivity index (χ2n) is 7.44. The summed E-state index contributed by atoms with van der Waals surface area (Å²) >= 11 is 0. The van der Waals surface area contributed by atoms with Crippen LogP contribution in [-0.2, 0) is 0 Å². The third-order valence-electron chi connectivity index (χ3n) is 5.54. The number of carbonyl (C=O) groups is 1. The number of nitrogens with zero attached hydrogens (tertiary/aromatic N) is 3. The van der Waals surface area contributed by atoms with Gasteiger partial charge in [-0.25, -0.2) is 8.78 Å². The van der Waals surface area contributed by atoms with Gasteiger partial charge in [-0.05, 0) is 44.9 Å². The molecule has 0 N–H and O–H groups in total. The van der Waals surface area contributed by atoms with Crippen molar-refractivity contribution in [2.45, 2.75) is 25.8 Å². The number of benzene rings is 1. The minimum absolute atomic E-state index is 0.423. The summed E-state index contributed by atoms with van der Waals surface area (Å²) in [6.45, 7) is 7.70. The third kappa shape index (κ3) is 4.18. The van der Waals surface area contributed by atoms with Crippen molar-refractivity contribution in [3.63, 3.8) is 0 Å². The third-order valence-corrected chi connectivity index (χ3v) is 5.54. The lowest BCUT2D eigenvalue weighted by Gasteiger charge is -2.41. The fourth-order valence-electron chi connectivity index (χ4n) is 3.96. The number of carbonyl (C=O) groups excluding carboxylic acids is 1. The Kier molecular flexibility index (Phi) is 5.69. The van der Waals surface area contributed by atoms with E-state index in [4.69, 9.17) is 0 Å². The molecule has 0 radical (unpaired) electrons. The van der Waals surface area contributed by atoms with E-state index >= 15 is 0 Å². The smallest absolute Gasteiger partial charge is 0.259 e. The van der Waals surface area contributed by atoms with Crippen LogP contribution in [0.2, 0.25) is 0 Å². The molecule has 2 aliphatic heterocycles. The van der Waals surface area contributed by atoms with E-state index in [1.54, 1.807) is 4.90 Å². The molecule has 0 bridgehead atoms. The molecule has 3 rings (SSSR count). The topological polar surface area (TPSA) is 26.8 Å². The van der Waals surface area contributed by atoms with E-state index in [1.165, 1.54) is 6.07 Å². The van der Waals surface area contributed by atoms with E-state index in [0.717, 1.165) is 51.2 Å². The van der Waals surface area contributed by atoms with E-state index < -0.39 is 23.1 Å². The molecule has 138 valence electrons. The van der Waals surface area contributed by atoms with Gasteiger partial charge in [-0.2, -0.15) is 0 Å². The highest BCUT2D eigenvalue weighted by Gasteiger charge is 2.30. The number of likely N-dealkylation sites (tertiary alicyclic amines) is 1. The van der Waals surface area contributed by atoms with Gasteiger partial charge in [-0.15, -0.1) is 0 Å². The largest absolute Gasteiger partial charge is 0.338 e. The second-order valence-corrected chi connectivity index (χ2v) is 7.44. The lowest BCUT2D eigenvalue weighted by atomic mass is 9.94. The van der Waals surface area contributed by atoms with Gasteiger partial charge < -0.3 is 9.80 Å². The Morgan fingerprint density at radius 3 is 2.36 bits per heavy atom. The fraction of sp³-hybridized carbons (Fsp3) is 0.632. The summed E-state index contributed by atoms with van der Waals surface area (Å²) in [6, 6.07) is 4.10. The predicted octanol–water partition coefficient (Wildman–Crippen LogP) is 2.45. The first kappa shape index (κ1) is 18.3. The van der Waals surface area contributed by atoms with Gasteiger partial charge in [0.05, 0.1) is 0 Å². The first-order valence-electron chi connectivity index (χ1n) is 9.11. The van der Waals surface area contributed by atoms with Crippen molar-refractivity contribution in [1.29, 1.82) is 0 Å². The highest BCUT2D eigenvalue weighted by Crippen LogP contribution is 2.23. The molecule has 1 aromatic rings. The number of piperazine rings is 1. The van der Waals surface area contributed by atoms with Crippen LogP contribution in [0.15, 0.2) is 18.2 Å². The van der Waals surface area contributed by atoms with Crippen molar-refractivity contribution in [1.82, 2.24) is 14.7 Å². The van der Waals surface area contributed by atoms with E-state index in [0.29, 0.717) is 25.0 Å². The molecular weight excluding hydrogens is 324 g/mol. The van der Waals surface area contributed by atoms with Crippen molar-refractivity contribution < 1.29 is 13.6 Å². The van der Waals surface area contributed by atoms with Crippen LogP contribution in [0.3, 0.4) is 0 Å². The van der Waals surface area contributed by atoms with Crippen LogP contribution in [0, 0.1) is 17.6 Å². The number of hydrogen-bond donors (Lipinski definition) is 0. The van der Waals surface area contributed by atoms with E-state index in [9.17, 15) is 13.6 Å². The Morgan fingerprint density at radius 2 is 1.76 bits per heavy atom. The molecule has 1 aromatic carbocycles. The molecule has 25 heavy (non-hydrogen) atoms. The summed E-state index contributed by atoms with van der Waals surface area (Å²) in [7, 11) is 2.15. The first-order valence-corrected chi connectivity index (χ1v) is 9.11. The van der Waals surface area contributed by atoms with Crippen LogP contribution in [0.5, 0.6) is 0 Å². The molecule has 2 fully saturated rings. The lowest BCUT2D eigenvalue weighted by Crippen LogP contribution is -2.52. The molecule has 0 spiro atoms. The van der Waals surface area contributed by atoms with Crippen LogP contribution in [0.1, 0.15) is 30.1 Å². The summed E-state index contributed by atoms with van der Waals surface area (Å²) in [5.41, 5.74) is -0.423. The summed E-state index contributed by atoms with van der Waals surface area (Å²) < 4.78 is 27.6. The van der Waals surface area contributed by atoms with Crippen LogP contribution in [0.25, 0.3) is 0 Å². The molecule has 1 unspecified atom stereocenters. The summed E-state index contributed by atoms with van der Waals surface area (Å²) in [5.74, 6) is -1.54. The van der Waals surface area contributed by atoms with Crippen LogP contribution < -0.4 is 0 Å². The Labute approximate surface area is 148 Å². The number of rotatable bonds is 3. The van der Waals surface area contributed by atoms with Gasteiger partial charge in [0.2, 0.25) is 0 Å². The fourth-order valence-corrected chi connectivity index (χ4v) is 3.96. The molecule has 1 atom stereocenters.